The van der Waals surface area contributed by atoms with Crippen molar-refractivity contribution in [1.29, 1.82) is 0 Å². The fourth-order valence-electron chi connectivity index (χ4n) is 4.37. The molecule has 34 heavy (non-hydrogen) atoms. The summed E-state index contributed by atoms with van der Waals surface area (Å²) in [5, 5.41) is 0. The van der Waals surface area contributed by atoms with Gasteiger partial charge in [-0.2, -0.15) is 0 Å². The highest BCUT2D eigenvalue weighted by Gasteiger charge is 2.35. The Morgan fingerprint density at radius 2 is 1.82 bits per heavy atom. The molecular weight excluding hydrogens is 456 g/mol. The van der Waals surface area contributed by atoms with E-state index in [9.17, 15) is 22.8 Å². The highest BCUT2D eigenvalue weighted by Crippen LogP contribution is 2.21. The van der Waals surface area contributed by atoms with E-state index in [1.807, 2.05) is 37.3 Å². The number of hydrogen-bond acceptors (Lipinski definition) is 6. The summed E-state index contributed by atoms with van der Waals surface area (Å²) in [6.45, 7) is 2.99. The number of nitrogens with zero attached hydrogens (tertiary/aromatic N) is 2. The van der Waals surface area contributed by atoms with Gasteiger partial charge in [0.25, 0.3) is 5.91 Å². The quantitative estimate of drug-likeness (QED) is 0.389. The molecule has 2 fully saturated rings. The van der Waals surface area contributed by atoms with Crippen molar-refractivity contribution in [3.8, 4) is 0 Å². The number of carbonyl (C=O) groups is 3. The van der Waals surface area contributed by atoms with Crippen molar-refractivity contribution in [3.05, 3.63) is 42.0 Å². The number of carbonyl (C=O) groups excluding carboxylic acids is 3. The molecule has 8 nitrogen and oxygen atoms in total. The predicted octanol–water partition coefficient (Wildman–Crippen LogP) is 2.30. The number of unbranched alkanes of at least 4 members (excludes halogenated alkanes) is 1. The largest absolute Gasteiger partial charge is 0.455 e. The number of piperidine rings is 1. The Hall–Kier alpha value is -2.68. The van der Waals surface area contributed by atoms with Gasteiger partial charge in [-0.15, -0.1) is 0 Å². The van der Waals surface area contributed by atoms with Gasteiger partial charge in [0.15, 0.2) is 16.4 Å². The first kappa shape index (κ1) is 25.9. The van der Waals surface area contributed by atoms with Crippen molar-refractivity contribution in [3.63, 3.8) is 0 Å². The summed E-state index contributed by atoms with van der Waals surface area (Å²) in [6.07, 6.45) is 6.35. The van der Waals surface area contributed by atoms with Crippen molar-refractivity contribution in [2.45, 2.75) is 45.1 Å². The molecule has 186 valence electrons. The Balaban J connectivity index is 1.45. The van der Waals surface area contributed by atoms with Gasteiger partial charge >= 0.3 is 5.97 Å². The molecule has 2 amide bonds. The molecule has 1 atom stereocenters. The molecule has 1 aromatic rings. The lowest BCUT2D eigenvalue weighted by molar-refractivity contribution is -0.157. The fraction of sp³-hybridized carbons (Fsp3) is 0.560. The molecule has 1 aromatic carbocycles. The van der Waals surface area contributed by atoms with E-state index in [1.165, 1.54) is 0 Å². The molecule has 9 heteroatoms. The van der Waals surface area contributed by atoms with Crippen LogP contribution in [0.15, 0.2) is 36.4 Å². The van der Waals surface area contributed by atoms with Crippen LogP contribution in [0, 0.1) is 5.92 Å². The summed E-state index contributed by atoms with van der Waals surface area (Å²) in [7, 11) is -3.12. The standard InChI is InChI=1S/C25H34N2O6S/c1-2-3-14-27(22-13-17-34(31,32)19-22)24(29)18-33-25(30)21-11-15-26(16-12-21)23(28)10-9-20-7-5-4-6-8-20/h4-10,21-22H,2-3,11-19H2,1H3/b10-9+. The van der Waals surface area contributed by atoms with Crippen LogP contribution in [0.25, 0.3) is 6.08 Å². The Bertz CT molecular complexity index is 984. The minimum absolute atomic E-state index is 0.0262. The first-order chi connectivity index (χ1) is 16.3. The molecule has 1 unspecified atom stereocenters. The fourth-order valence-corrected chi connectivity index (χ4v) is 6.10. The third kappa shape index (κ3) is 7.41. The number of sulfone groups is 1. The van der Waals surface area contributed by atoms with Crippen molar-refractivity contribution in [2.75, 3.05) is 37.7 Å². The summed E-state index contributed by atoms with van der Waals surface area (Å²) in [5.41, 5.74) is 0.946. The first-order valence-electron chi connectivity index (χ1n) is 12.0. The van der Waals surface area contributed by atoms with Gasteiger partial charge in [0.05, 0.1) is 17.4 Å². The minimum atomic E-state index is -3.12. The summed E-state index contributed by atoms with van der Waals surface area (Å²) < 4.78 is 29.0. The van der Waals surface area contributed by atoms with E-state index in [1.54, 1.807) is 22.0 Å². The maximum absolute atomic E-state index is 12.8. The molecule has 2 aliphatic heterocycles. The summed E-state index contributed by atoms with van der Waals surface area (Å²) >= 11 is 0. The highest BCUT2D eigenvalue weighted by atomic mass is 32.2. The van der Waals surface area contributed by atoms with Gasteiger partial charge < -0.3 is 14.5 Å². The van der Waals surface area contributed by atoms with Gasteiger partial charge in [0.2, 0.25) is 5.91 Å². The molecule has 2 saturated heterocycles. The molecule has 3 rings (SSSR count). The molecule has 0 aliphatic carbocycles. The summed E-state index contributed by atoms with van der Waals surface area (Å²) in [6, 6.07) is 9.22. The number of hydrogen-bond donors (Lipinski definition) is 0. The molecule has 0 spiro atoms. The van der Waals surface area contributed by atoms with Crippen LogP contribution in [-0.4, -0.2) is 79.8 Å². The maximum atomic E-state index is 12.8. The molecule has 0 N–H and O–H groups in total. The number of ether oxygens (including phenoxy) is 1. The minimum Gasteiger partial charge on any atom is -0.455 e. The van der Waals surface area contributed by atoms with Crippen LogP contribution in [0.3, 0.4) is 0 Å². The number of esters is 1. The van der Waals surface area contributed by atoms with Crippen molar-refractivity contribution < 1.29 is 27.5 Å². The molecule has 0 aromatic heterocycles. The highest BCUT2D eigenvalue weighted by molar-refractivity contribution is 7.91. The third-order valence-corrected chi connectivity index (χ3v) is 8.17. The lowest BCUT2D eigenvalue weighted by Gasteiger charge is -2.31. The third-order valence-electron chi connectivity index (χ3n) is 6.42. The lowest BCUT2D eigenvalue weighted by Crippen LogP contribution is -2.44. The molecular formula is C25H34N2O6S. The number of likely N-dealkylation sites (tertiary alicyclic amines) is 1. The van der Waals surface area contributed by atoms with Gasteiger partial charge in [-0.3, -0.25) is 14.4 Å². The maximum Gasteiger partial charge on any atom is 0.309 e. The second-order valence-corrected chi connectivity index (χ2v) is 11.2. The van der Waals surface area contributed by atoms with E-state index in [0.29, 0.717) is 38.9 Å². The Labute approximate surface area is 201 Å². The number of amides is 2. The van der Waals surface area contributed by atoms with Crippen LogP contribution in [0.4, 0.5) is 0 Å². The van der Waals surface area contributed by atoms with Crippen LogP contribution in [-0.2, 0) is 29.0 Å². The van der Waals surface area contributed by atoms with Crippen molar-refractivity contribution >= 4 is 33.7 Å². The van der Waals surface area contributed by atoms with Crippen molar-refractivity contribution in [2.24, 2.45) is 5.92 Å². The van der Waals surface area contributed by atoms with E-state index in [0.717, 1.165) is 18.4 Å². The zero-order valence-corrected chi connectivity index (χ0v) is 20.5. The second-order valence-electron chi connectivity index (χ2n) is 8.95. The normalized spacial score (nSPS) is 20.4. The van der Waals surface area contributed by atoms with Crippen LogP contribution in [0.2, 0.25) is 0 Å². The second kappa shape index (κ2) is 12.1. The van der Waals surface area contributed by atoms with Gasteiger partial charge in [-0.1, -0.05) is 43.7 Å². The van der Waals surface area contributed by atoms with Crippen LogP contribution >= 0.6 is 0 Å². The molecule has 2 aliphatic rings. The van der Waals surface area contributed by atoms with E-state index < -0.39 is 15.8 Å². The Morgan fingerprint density at radius 1 is 1.12 bits per heavy atom. The topological polar surface area (TPSA) is 101 Å². The zero-order chi connectivity index (χ0) is 24.6. The molecule has 0 saturated carbocycles. The zero-order valence-electron chi connectivity index (χ0n) is 19.7. The van der Waals surface area contributed by atoms with E-state index in [-0.39, 0.29) is 41.9 Å². The average Bonchev–Trinajstić information content (AvgIpc) is 3.21. The number of benzene rings is 1. The first-order valence-corrected chi connectivity index (χ1v) is 13.8. The molecule has 2 heterocycles. The van der Waals surface area contributed by atoms with Crippen molar-refractivity contribution in [1.82, 2.24) is 9.80 Å². The van der Waals surface area contributed by atoms with E-state index >= 15 is 0 Å². The Kier molecular flexibility index (Phi) is 9.27. The smallest absolute Gasteiger partial charge is 0.309 e. The van der Waals surface area contributed by atoms with Gasteiger partial charge in [-0.05, 0) is 37.3 Å². The van der Waals surface area contributed by atoms with E-state index in [4.69, 9.17) is 4.74 Å². The lowest BCUT2D eigenvalue weighted by atomic mass is 9.97. The van der Waals surface area contributed by atoms with Crippen LogP contribution in [0.1, 0.15) is 44.6 Å². The predicted molar refractivity (Wildman–Crippen MR) is 129 cm³/mol. The van der Waals surface area contributed by atoms with Crippen LogP contribution < -0.4 is 0 Å². The van der Waals surface area contributed by atoms with Gasteiger partial charge in [0.1, 0.15) is 0 Å². The summed E-state index contributed by atoms with van der Waals surface area (Å²) in [5.74, 6) is -1.17. The number of rotatable bonds is 9. The van der Waals surface area contributed by atoms with E-state index in [2.05, 4.69) is 0 Å². The van der Waals surface area contributed by atoms with Gasteiger partial charge in [-0.25, -0.2) is 8.42 Å². The van der Waals surface area contributed by atoms with Gasteiger partial charge in [0, 0.05) is 31.8 Å². The molecule has 0 radical (unpaired) electrons. The Morgan fingerprint density at radius 3 is 2.44 bits per heavy atom. The SMILES string of the molecule is CCCCN(C(=O)COC(=O)C1CCN(C(=O)/C=C/c2ccccc2)CC1)C1CCS(=O)(=O)C1. The monoisotopic (exact) mass is 490 g/mol. The average molecular weight is 491 g/mol. The van der Waals surface area contributed by atoms with Crippen LogP contribution in [0.5, 0.6) is 0 Å². The molecule has 0 bridgehead atoms. The summed E-state index contributed by atoms with van der Waals surface area (Å²) in [4.78, 5) is 41.0.